The van der Waals surface area contributed by atoms with E-state index in [1.807, 2.05) is 0 Å². The van der Waals surface area contributed by atoms with E-state index >= 15 is 0 Å². The SMILES string of the molecule is CC(C)(C)c1cc(-c2ccccc2)cc2c1oc1c(C(C)(C)C)cc(-n3c4ccccc4c4cc(-c5ccccc5)ccc43)c(-c3ccccc3)c12. The topological polar surface area (TPSA) is 18.1 Å². The van der Waals surface area contributed by atoms with Crippen molar-refractivity contribution in [1.82, 2.24) is 4.57 Å². The summed E-state index contributed by atoms with van der Waals surface area (Å²) in [5.74, 6) is 0. The highest BCUT2D eigenvalue weighted by atomic mass is 16.3. The molecule has 0 aliphatic carbocycles. The van der Waals surface area contributed by atoms with Gasteiger partial charge in [0.15, 0.2) is 0 Å². The first kappa shape index (κ1) is 32.1. The van der Waals surface area contributed by atoms with Gasteiger partial charge in [-0.05, 0) is 75.0 Å². The Morgan fingerprint density at radius 2 is 0.923 bits per heavy atom. The van der Waals surface area contributed by atoms with Crippen molar-refractivity contribution in [1.29, 1.82) is 0 Å². The smallest absolute Gasteiger partial charge is 0.139 e. The normalized spacial score (nSPS) is 12.4. The number of nitrogens with zero attached hydrogens (tertiary/aromatic N) is 1. The molecule has 52 heavy (non-hydrogen) atoms. The molecular weight excluding hydrogens is 631 g/mol. The molecule has 0 bridgehead atoms. The third-order valence-electron chi connectivity index (χ3n) is 10.6. The van der Waals surface area contributed by atoms with Crippen molar-refractivity contribution in [3.05, 3.63) is 163 Å². The minimum atomic E-state index is -0.195. The first-order chi connectivity index (χ1) is 25.1. The monoisotopic (exact) mass is 673 g/mol. The molecule has 0 amide bonds. The maximum Gasteiger partial charge on any atom is 0.139 e. The molecule has 0 aliphatic heterocycles. The second kappa shape index (κ2) is 11.9. The molecule has 7 aromatic carbocycles. The summed E-state index contributed by atoms with van der Waals surface area (Å²) in [7, 11) is 0. The minimum absolute atomic E-state index is 0.141. The van der Waals surface area contributed by atoms with Gasteiger partial charge in [0, 0.05) is 38.2 Å². The van der Waals surface area contributed by atoms with Gasteiger partial charge >= 0.3 is 0 Å². The van der Waals surface area contributed by atoms with Gasteiger partial charge in [0.2, 0.25) is 0 Å². The molecule has 0 atom stereocenters. The molecule has 254 valence electrons. The Morgan fingerprint density at radius 3 is 1.56 bits per heavy atom. The number of hydrogen-bond acceptors (Lipinski definition) is 1. The number of rotatable bonds is 4. The maximum atomic E-state index is 7.22. The van der Waals surface area contributed by atoms with Crippen LogP contribution in [0.4, 0.5) is 0 Å². The summed E-state index contributed by atoms with van der Waals surface area (Å²) in [6.07, 6.45) is 0. The van der Waals surface area contributed by atoms with Gasteiger partial charge in [-0.1, -0.05) is 157 Å². The zero-order chi connectivity index (χ0) is 35.8. The van der Waals surface area contributed by atoms with Gasteiger partial charge in [-0.15, -0.1) is 0 Å². The standard InChI is InChI=1S/C50H43NO/c1-49(2,3)40-30-36(33-20-12-8-13-21-33)29-39-46-45(34-22-14-9-15-23-34)44(31-41(50(4,5)6)48(46)52-47(39)40)51-42-25-17-16-24-37(42)38-28-35(26-27-43(38)51)32-18-10-7-11-19-32/h7-31H,1-6H3. The quantitative estimate of drug-likeness (QED) is 0.182. The first-order valence-electron chi connectivity index (χ1n) is 18.4. The van der Waals surface area contributed by atoms with Crippen LogP contribution < -0.4 is 0 Å². The fraction of sp³-hybridized carbons (Fsp3) is 0.160. The van der Waals surface area contributed by atoms with Gasteiger partial charge in [0.05, 0.1) is 16.7 Å². The Bertz CT molecular complexity index is 2770. The van der Waals surface area contributed by atoms with E-state index < -0.39 is 0 Å². The summed E-state index contributed by atoms with van der Waals surface area (Å²) in [4.78, 5) is 0. The summed E-state index contributed by atoms with van der Waals surface area (Å²) in [5.41, 5.74) is 14.7. The molecule has 2 heterocycles. The van der Waals surface area contributed by atoms with Crippen molar-refractivity contribution in [3.8, 4) is 39.1 Å². The van der Waals surface area contributed by atoms with Crippen molar-refractivity contribution in [2.45, 2.75) is 52.4 Å². The second-order valence-electron chi connectivity index (χ2n) is 16.2. The largest absolute Gasteiger partial charge is 0.455 e. The average Bonchev–Trinajstić information content (AvgIpc) is 3.69. The molecule has 0 fully saturated rings. The third-order valence-corrected chi connectivity index (χ3v) is 10.6. The molecule has 0 saturated heterocycles. The number of para-hydroxylation sites is 1. The van der Waals surface area contributed by atoms with Crippen LogP contribution in [0.25, 0.3) is 82.8 Å². The van der Waals surface area contributed by atoms with Crippen LogP contribution in [0.3, 0.4) is 0 Å². The van der Waals surface area contributed by atoms with Crippen LogP contribution in [-0.2, 0) is 10.8 Å². The third kappa shape index (κ3) is 5.16. The van der Waals surface area contributed by atoms with Crippen LogP contribution in [0.5, 0.6) is 0 Å². The lowest BCUT2D eigenvalue weighted by Crippen LogP contribution is -2.13. The van der Waals surface area contributed by atoms with E-state index in [9.17, 15) is 0 Å². The van der Waals surface area contributed by atoms with Crippen LogP contribution in [0.1, 0.15) is 52.7 Å². The fourth-order valence-electron chi connectivity index (χ4n) is 8.07. The Kier molecular flexibility index (Phi) is 7.31. The van der Waals surface area contributed by atoms with Crippen LogP contribution >= 0.6 is 0 Å². The summed E-state index contributed by atoms with van der Waals surface area (Å²) in [6, 6.07) is 55.3. The molecule has 2 aromatic heterocycles. The molecule has 0 radical (unpaired) electrons. The maximum absolute atomic E-state index is 7.22. The fourth-order valence-corrected chi connectivity index (χ4v) is 8.07. The zero-order valence-corrected chi connectivity index (χ0v) is 30.8. The van der Waals surface area contributed by atoms with Crippen LogP contribution in [0.15, 0.2) is 156 Å². The van der Waals surface area contributed by atoms with E-state index in [-0.39, 0.29) is 10.8 Å². The van der Waals surface area contributed by atoms with Crippen molar-refractivity contribution in [3.63, 3.8) is 0 Å². The number of furan rings is 1. The summed E-state index contributed by atoms with van der Waals surface area (Å²) >= 11 is 0. The zero-order valence-electron chi connectivity index (χ0n) is 30.8. The lowest BCUT2D eigenvalue weighted by Gasteiger charge is -2.24. The van der Waals surface area contributed by atoms with Gasteiger partial charge < -0.3 is 8.98 Å². The summed E-state index contributed by atoms with van der Waals surface area (Å²) in [6.45, 7) is 13.8. The molecule has 2 nitrogen and oxygen atoms in total. The van der Waals surface area contributed by atoms with Crippen LogP contribution in [-0.4, -0.2) is 4.57 Å². The van der Waals surface area contributed by atoms with E-state index in [2.05, 4.69) is 198 Å². The Morgan fingerprint density at radius 1 is 0.404 bits per heavy atom. The van der Waals surface area contributed by atoms with Crippen molar-refractivity contribution in [2.75, 3.05) is 0 Å². The highest BCUT2D eigenvalue weighted by Gasteiger charge is 2.30. The summed E-state index contributed by atoms with van der Waals surface area (Å²) < 4.78 is 9.72. The average molecular weight is 674 g/mol. The number of benzene rings is 7. The van der Waals surface area contributed by atoms with Gasteiger partial charge in [-0.3, -0.25) is 0 Å². The molecule has 0 N–H and O–H groups in total. The van der Waals surface area contributed by atoms with Gasteiger partial charge in [0.25, 0.3) is 0 Å². The van der Waals surface area contributed by atoms with Crippen molar-refractivity contribution in [2.24, 2.45) is 0 Å². The molecule has 9 aromatic rings. The molecule has 0 spiro atoms. The molecule has 9 rings (SSSR count). The van der Waals surface area contributed by atoms with E-state index in [0.717, 1.165) is 22.2 Å². The molecule has 2 heteroatoms. The highest BCUT2D eigenvalue weighted by Crippen LogP contribution is 2.49. The predicted octanol–water partition coefficient (Wildman–Crippen LogP) is 14.3. The van der Waals surface area contributed by atoms with E-state index in [0.29, 0.717) is 0 Å². The molecular formula is C50H43NO. The Labute approximate surface area is 306 Å². The predicted molar refractivity (Wildman–Crippen MR) is 222 cm³/mol. The van der Waals surface area contributed by atoms with E-state index in [1.54, 1.807) is 0 Å². The number of aromatic nitrogens is 1. The van der Waals surface area contributed by atoms with Gasteiger partial charge in [-0.25, -0.2) is 0 Å². The lowest BCUT2D eigenvalue weighted by atomic mass is 9.81. The van der Waals surface area contributed by atoms with Crippen LogP contribution in [0.2, 0.25) is 0 Å². The number of fused-ring (bicyclic) bond motifs is 6. The van der Waals surface area contributed by atoms with E-state index in [4.69, 9.17) is 4.42 Å². The van der Waals surface area contributed by atoms with Gasteiger partial charge in [0.1, 0.15) is 11.2 Å². The Balaban J connectivity index is 1.49. The molecule has 0 aliphatic rings. The molecule has 0 saturated carbocycles. The second-order valence-corrected chi connectivity index (χ2v) is 16.2. The van der Waals surface area contributed by atoms with E-state index in [1.165, 1.54) is 71.7 Å². The summed E-state index contributed by atoms with van der Waals surface area (Å²) in [5, 5.41) is 4.80. The Hall–Kier alpha value is -5.86. The van der Waals surface area contributed by atoms with Crippen molar-refractivity contribution < 1.29 is 4.42 Å². The van der Waals surface area contributed by atoms with Gasteiger partial charge in [-0.2, -0.15) is 0 Å². The van der Waals surface area contributed by atoms with Crippen LogP contribution in [0, 0.1) is 0 Å². The first-order valence-corrected chi connectivity index (χ1v) is 18.4. The highest BCUT2D eigenvalue weighted by molar-refractivity contribution is 6.19. The van der Waals surface area contributed by atoms with Crippen molar-refractivity contribution >= 4 is 43.7 Å². The molecule has 0 unspecified atom stereocenters. The lowest BCUT2D eigenvalue weighted by molar-refractivity contribution is 0.557. The minimum Gasteiger partial charge on any atom is -0.455 e. The number of hydrogen-bond donors (Lipinski definition) is 0.